The van der Waals surface area contributed by atoms with Gasteiger partial charge in [0.15, 0.2) is 5.60 Å². The largest absolute Gasteiger partial charge is 0.507 e. The SMILES string of the molecule is C#C[C@]1(O)C(=O)c2c(cc3ccccc3c2O)C(=O)[C@]1(O)CO. The molecule has 0 aliphatic heterocycles. The van der Waals surface area contributed by atoms with Crippen molar-refractivity contribution in [2.75, 3.05) is 6.61 Å². The molecule has 1 aliphatic rings. The third kappa shape index (κ3) is 1.64. The second kappa shape index (κ2) is 4.64. The molecule has 0 saturated carbocycles. The lowest BCUT2D eigenvalue weighted by Crippen LogP contribution is -2.67. The first-order chi connectivity index (χ1) is 10.8. The molecule has 0 aromatic heterocycles. The van der Waals surface area contributed by atoms with E-state index >= 15 is 0 Å². The smallest absolute Gasteiger partial charge is 0.227 e. The molecule has 0 unspecified atom stereocenters. The Balaban J connectivity index is 2.47. The number of carbonyl (C=O) groups excluding carboxylic acids is 2. The van der Waals surface area contributed by atoms with E-state index in [-0.39, 0.29) is 5.56 Å². The van der Waals surface area contributed by atoms with Gasteiger partial charge in [-0.15, -0.1) is 6.42 Å². The molecule has 3 rings (SSSR count). The summed E-state index contributed by atoms with van der Waals surface area (Å²) in [5.74, 6) is -1.17. The number of aromatic hydroxyl groups is 1. The van der Waals surface area contributed by atoms with E-state index in [2.05, 4.69) is 0 Å². The Morgan fingerprint density at radius 1 is 1.13 bits per heavy atom. The van der Waals surface area contributed by atoms with E-state index in [0.717, 1.165) is 0 Å². The molecular weight excluding hydrogens is 300 g/mol. The molecule has 1 aliphatic carbocycles. The van der Waals surface area contributed by atoms with Crippen molar-refractivity contribution in [3.8, 4) is 18.1 Å². The first kappa shape index (κ1) is 15.2. The van der Waals surface area contributed by atoms with Crippen LogP contribution in [0.4, 0.5) is 0 Å². The Morgan fingerprint density at radius 3 is 2.39 bits per heavy atom. The summed E-state index contributed by atoms with van der Waals surface area (Å²) in [6, 6.07) is 7.74. The summed E-state index contributed by atoms with van der Waals surface area (Å²) in [5, 5.41) is 41.2. The molecule has 23 heavy (non-hydrogen) atoms. The van der Waals surface area contributed by atoms with E-state index in [4.69, 9.17) is 6.42 Å². The Morgan fingerprint density at radius 2 is 1.78 bits per heavy atom. The Bertz CT molecular complexity index is 909. The quantitative estimate of drug-likeness (QED) is 0.552. The van der Waals surface area contributed by atoms with Gasteiger partial charge in [-0.05, 0) is 11.5 Å². The van der Waals surface area contributed by atoms with Crippen LogP contribution in [0.5, 0.6) is 5.75 Å². The van der Waals surface area contributed by atoms with Crippen molar-refractivity contribution >= 4 is 22.3 Å². The summed E-state index contributed by atoms with van der Waals surface area (Å²) in [5.41, 5.74) is -6.61. The van der Waals surface area contributed by atoms with Crippen molar-refractivity contribution in [2.24, 2.45) is 0 Å². The van der Waals surface area contributed by atoms with Crippen LogP contribution in [0, 0.1) is 12.3 Å². The highest BCUT2D eigenvalue weighted by atomic mass is 16.4. The highest BCUT2D eigenvalue weighted by molar-refractivity contribution is 6.26. The fraction of sp³-hybridized carbons (Fsp3) is 0.176. The van der Waals surface area contributed by atoms with Gasteiger partial charge in [0, 0.05) is 10.9 Å². The second-order valence-electron chi connectivity index (χ2n) is 5.40. The van der Waals surface area contributed by atoms with Gasteiger partial charge in [-0.2, -0.15) is 0 Å². The number of terminal acetylenes is 1. The van der Waals surface area contributed by atoms with E-state index in [9.17, 15) is 30.0 Å². The Kier molecular flexibility index (Phi) is 3.06. The van der Waals surface area contributed by atoms with Gasteiger partial charge < -0.3 is 20.4 Å². The number of ketones is 2. The molecule has 2 aromatic rings. The molecule has 2 atom stereocenters. The number of aliphatic hydroxyl groups excluding tert-OH is 1. The standard InChI is InChI=1S/C17H12O6/c1-2-16(22)15(21)12-11(14(20)17(16,23)8-18)7-9-5-3-4-6-10(9)13(12)19/h1,3-7,18-19,22-23H,8H2/t16-,17+/m0/s1. The highest BCUT2D eigenvalue weighted by Gasteiger charge is 2.63. The van der Waals surface area contributed by atoms with Crippen LogP contribution in [0.3, 0.4) is 0 Å². The minimum atomic E-state index is -2.97. The average Bonchev–Trinajstić information content (AvgIpc) is 2.57. The van der Waals surface area contributed by atoms with Crippen LogP contribution in [0.2, 0.25) is 0 Å². The first-order valence-electron chi connectivity index (χ1n) is 6.69. The van der Waals surface area contributed by atoms with Crippen LogP contribution in [0.15, 0.2) is 30.3 Å². The lowest BCUT2D eigenvalue weighted by molar-refractivity contribution is -0.0961. The van der Waals surface area contributed by atoms with E-state index in [0.29, 0.717) is 10.8 Å². The van der Waals surface area contributed by atoms with Gasteiger partial charge in [0.1, 0.15) is 5.75 Å². The maximum Gasteiger partial charge on any atom is 0.227 e. The van der Waals surface area contributed by atoms with Crippen LogP contribution in [0.25, 0.3) is 10.8 Å². The van der Waals surface area contributed by atoms with Gasteiger partial charge in [-0.25, -0.2) is 0 Å². The number of phenolic OH excluding ortho intramolecular Hbond substituents is 1. The topological polar surface area (TPSA) is 115 Å². The number of phenols is 1. The van der Waals surface area contributed by atoms with Crippen molar-refractivity contribution in [1.82, 2.24) is 0 Å². The summed E-state index contributed by atoms with van der Waals surface area (Å²) in [4.78, 5) is 25.1. The van der Waals surface area contributed by atoms with Gasteiger partial charge in [0.05, 0.1) is 12.2 Å². The minimum absolute atomic E-state index is 0.293. The summed E-state index contributed by atoms with van der Waals surface area (Å²) < 4.78 is 0. The van der Waals surface area contributed by atoms with E-state index in [1.807, 2.05) is 0 Å². The monoisotopic (exact) mass is 312 g/mol. The molecular formula is C17H12O6. The van der Waals surface area contributed by atoms with Crippen molar-refractivity contribution < 1.29 is 30.0 Å². The minimum Gasteiger partial charge on any atom is -0.507 e. The zero-order valence-corrected chi connectivity index (χ0v) is 11.8. The van der Waals surface area contributed by atoms with Gasteiger partial charge >= 0.3 is 0 Å². The van der Waals surface area contributed by atoms with Crippen LogP contribution >= 0.6 is 0 Å². The van der Waals surface area contributed by atoms with Gasteiger partial charge in [-0.3, -0.25) is 9.59 Å². The molecule has 0 saturated heterocycles. The lowest BCUT2D eigenvalue weighted by Gasteiger charge is -2.40. The molecule has 0 amide bonds. The van der Waals surface area contributed by atoms with Crippen LogP contribution in [0.1, 0.15) is 20.7 Å². The third-order valence-electron chi connectivity index (χ3n) is 4.23. The van der Waals surface area contributed by atoms with Gasteiger partial charge in [-0.1, -0.05) is 30.2 Å². The number of rotatable bonds is 1. The highest BCUT2D eigenvalue weighted by Crippen LogP contribution is 2.42. The molecule has 0 heterocycles. The molecule has 0 bridgehead atoms. The van der Waals surface area contributed by atoms with Crippen molar-refractivity contribution in [2.45, 2.75) is 11.2 Å². The maximum atomic E-state index is 12.6. The average molecular weight is 312 g/mol. The van der Waals surface area contributed by atoms with Crippen LogP contribution in [-0.2, 0) is 0 Å². The number of fused-ring (bicyclic) bond motifs is 2. The fourth-order valence-electron chi connectivity index (χ4n) is 2.86. The second-order valence-corrected chi connectivity index (χ2v) is 5.40. The number of Topliss-reactive ketones (excluding diaryl/α,β-unsaturated/α-hetero) is 2. The number of benzene rings is 2. The summed E-state index contributed by atoms with van der Waals surface area (Å²) in [6.07, 6.45) is 5.14. The van der Waals surface area contributed by atoms with Crippen LogP contribution in [-0.4, -0.2) is 49.8 Å². The maximum absolute atomic E-state index is 12.6. The number of hydrogen-bond acceptors (Lipinski definition) is 6. The summed E-state index contributed by atoms with van der Waals surface area (Å²) >= 11 is 0. The molecule has 6 nitrogen and oxygen atoms in total. The third-order valence-corrected chi connectivity index (χ3v) is 4.23. The fourth-order valence-corrected chi connectivity index (χ4v) is 2.86. The number of carbonyl (C=O) groups is 2. The van der Waals surface area contributed by atoms with Crippen molar-refractivity contribution in [3.05, 3.63) is 41.5 Å². The lowest BCUT2D eigenvalue weighted by atomic mass is 9.67. The Hall–Kier alpha value is -2.72. The first-order valence-corrected chi connectivity index (χ1v) is 6.69. The normalized spacial score (nSPS) is 26.9. The van der Waals surface area contributed by atoms with E-state index < -0.39 is 40.7 Å². The zero-order valence-electron chi connectivity index (χ0n) is 11.8. The molecule has 116 valence electrons. The number of hydrogen-bond donors (Lipinski definition) is 4. The number of aliphatic hydroxyl groups is 3. The van der Waals surface area contributed by atoms with E-state index in [1.54, 1.807) is 24.1 Å². The van der Waals surface area contributed by atoms with E-state index in [1.165, 1.54) is 12.1 Å². The Labute approximate surface area is 130 Å². The van der Waals surface area contributed by atoms with Gasteiger partial charge in [0.2, 0.25) is 17.2 Å². The van der Waals surface area contributed by atoms with Crippen molar-refractivity contribution in [1.29, 1.82) is 0 Å². The van der Waals surface area contributed by atoms with Crippen LogP contribution < -0.4 is 0 Å². The molecule has 0 fully saturated rings. The molecule has 4 N–H and O–H groups in total. The van der Waals surface area contributed by atoms with Crippen molar-refractivity contribution in [3.63, 3.8) is 0 Å². The predicted octanol–water partition coefficient (Wildman–Crippen LogP) is 0.0121. The molecule has 0 spiro atoms. The molecule has 2 aromatic carbocycles. The molecule has 0 radical (unpaired) electrons. The summed E-state index contributed by atoms with van der Waals surface area (Å²) in [7, 11) is 0. The predicted molar refractivity (Wildman–Crippen MR) is 80.1 cm³/mol. The van der Waals surface area contributed by atoms with Gasteiger partial charge in [0.25, 0.3) is 0 Å². The zero-order chi connectivity index (χ0) is 17.0. The molecule has 6 heteroatoms. The summed E-state index contributed by atoms with van der Waals surface area (Å²) in [6.45, 7) is -1.24.